The van der Waals surface area contributed by atoms with E-state index in [0.717, 1.165) is 43.9 Å². The molecule has 1 aromatic rings. The van der Waals surface area contributed by atoms with Gasteiger partial charge in [0.25, 0.3) is 5.69 Å². The molecule has 6 aliphatic carbocycles. The Morgan fingerprint density at radius 2 is 1.74 bits per heavy atom. The minimum absolute atomic E-state index is 0.0201. The van der Waals surface area contributed by atoms with Crippen LogP contribution in [0.3, 0.4) is 0 Å². The molecule has 0 unspecified atom stereocenters. The second-order valence-corrected chi connectivity index (χ2v) is 11.9. The molecule has 0 heterocycles. The van der Waals surface area contributed by atoms with Crippen molar-refractivity contribution in [3.8, 4) is 0 Å². The van der Waals surface area contributed by atoms with E-state index in [4.69, 9.17) is 0 Å². The van der Waals surface area contributed by atoms with Gasteiger partial charge < -0.3 is 5.32 Å². The van der Waals surface area contributed by atoms with Gasteiger partial charge in [-0.1, -0.05) is 18.6 Å². The fourth-order valence-corrected chi connectivity index (χ4v) is 9.18. The lowest BCUT2D eigenvalue weighted by Gasteiger charge is -2.61. The minimum Gasteiger partial charge on any atom is -0.353 e. The fraction of sp³-hybridized carbons (Fsp3) is 0.731. The second-order valence-electron chi connectivity index (χ2n) is 11.9. The van der Waals surface area contributed by atoms with Crippen molar-refractivity contribution in [2.45, 2.75) is 82.6 Å². The van der Waals surface area contributed by atoms with Crippen molar-refractivity contribution in [3.05, 3.63) is 39.9 Å². The first kappa shape index (κ1) is 19.8. The molecule has 1 aromatic carbocycles. The maximum Gasteiger partial charge on any atom is 0.269 e. The van der Waals surface area contributed by atoms with Crippen molar-refractivity contribution in [2.24, 2.45) is 35.0 Å². The van der Waals surface area contributed by atoms with Gasteiger partial charge in [-0.15, -0.1) is 0 Å². The number of nitro groups is 1. The van der Waals surface area contributed by atoms with Gasteiger partial charge in [-0.2, -0.15) is 0 Å². The van der Waals surface area contributed by atoms with Gasteiger partial charge in [0.15, 0.2) is 0 Å². The molecule has 1 amide bonds. The first-order valence-corrected chi connectivity index (χ1v) is 12.4. The molecule has 5 heteroatoms. The van der Waals surface area contributed by atoms with E-state index in [9.17, 15) is 14.9 Å². The van der Waals surface area contributed by atoms with E-state index in [1.165, 1.54) is 37.7 Å². The Balaban J connectivity index is 1.24. The number of benzene rings is 1. The molecule has 5 nitrogen and oxygen atoms in total. The highest BCUT2D eigenvalue weighted by Crippen LogP contribution is 2.66. The zero-order valence-corrected chi connectivity index (χ0v) is 18.5. The van der Waals surface area contributed by atoms with E-state index in [1.807, 2.05) is 12.1 Å². The predicted octanol–water partition coefficient (Wildman–Crippen LogP) is 5.37. The van der Waals surface area contributed by atoms with Crippen LogP contribution in [-0.4, -0.2) is 16.9 Å². The van der Waals surface area contributed by atoms with E-state index in [0.29, 0.717) is 23.7 Å². The van der Waals surface area contributed by atoms with E-state index < -0.39 is 0 Å². The van der Waals surface area contributed by atoms with Crippen molar-refractivity contribution in [1.29, 1.82) is 0 Å². The first-order valence-electron chi connectivity index (χ1n) is 12.4. The number of carbonyl (C=O) groups excluding carboxylic acids is 1. The van der Waals surface area contributed by atoms with Crippen LogP contribution in [0.1, 0.15) is 76.7 Å². The third-order valence-electron chi connectivity index (χ3n) is 10.0. The summed E-state index contributed by atoms with van der Waals surface area (Å²) in [4.78, 5) is 24.6. The molecule has 31 heavy (non-hydrogen) atoms. The van der Waals surface area contributed by atoms with E-state index in [1.54, 1.807) is 12.1 Å². The summed E-state index contributed by atoms with van der Waals surface area (Å²) in [6.45, 7) is 2.25. The maximum absolute atomic E-state index is 13.8. The third-order valence-corrected chi connectivity index (χ3v) is 10.0. The van der Waals surface area contributed by atoms with Crippen molar-refractivity contribution >= 4 is 11.6 Å². The summed E-state index contributed by atoms with van der Waals surface area (Å²) in [5.74, 6) is 3.92. The summed E-state index contributed by atoms with van der Waals surface area (Å²) < 4.78 is 0. The Bertz CT molecular complexity index is 896. The normalized spacial score (nSPS) is 43.2. The number of carbonyl (C=O) groups is 1. The van der Waals surface area contributed by atoms with Crippen molar-refractivity contribution in [2.75, 3.05) is 0 Å². The molecule has 166 valence electrons. The van der Waals surface area contributed by atoms with Crippen LogP contribution >= 0.6 is 0 Å². The number of non-ortho nitro benzene ring substituents is 1. The van der Waals surface area contributed by atoms with Gasteiger partial charge in [-0.3, -0.25) is 14.9 Å². The number of amides is 1. The number of hydrogen-bond donors (Lipinski definition) is 1. The topological polar surface area (TPSA) is 72.2 Å². The van der Waals surface area contributed by atoms with Crippen molar-refractivity contribution < 1.29 is 9.72 Å². The molecule has 7 rings (SSSR count). The van der Waals surface area contributed by atoms with Crippen LogP contribution in [0.5, 0.6) is 0 Å². The van der Waals surface area contributed by atoms with Crippen molar-refractivity contribution in [3.63, 3.8) is 0 Å². The van der Waals surface area contributed by atoms with Gasteiger partial charge in [0.05, 0.1) is 10.3 Å². The smallest absolute Gasteiger partial charge is 0.269 e. The van der Waals surface area contributed by atoms with Gasteiger partial charge in [0.2, 0.25) is 5.91 Å². The number of hydrogen-bond acceptors (Lipinski definition) is 3. The Labute approximate surface area is 184 Å². The van der Waals surface area contributed by atoms with E-state index in [-0.39, 0.29) is 27.5 Å². The molecular formula is C26H34N2O3. The Morgan fingerprint density at radius 1 is 1.03 bits per heavy atom. The van der Waals surface area contributed by atoms with Crippen LogP contribution in [-0.2, 0) is 10.2 Å². The summed E-state index contributed by atoms with van der Waals surface area (Å²) in [6, 6.07) is 7.52. The quantitative estimate of drug-likeness (QED) is 0.512. The zero-order valence-electron chi connectivity index (χ0n) is 18.5. The summed E-state index contributed by atoms with van der Waals surface area (Å²) >= 11 is 0. The Morgan fingerprint density at radius 3 is 2.32 bits per heavy atom. The number of fused-ring (bicyclic) bond motifs is 2. The summed E-state index contributed by atoms with van der Waals surface area (Å²) in [7, 11) is 0. The third kappa shape index (κ3) is 3.06. The standard InChI is InChI=1S/C26H34N2O3/c1-16(23-10-17-2-3-20(23)9-17)27-24(29)26-13-18-8-19(14-26)12-25(11-18,15-26)21-4-6-22(7-5-21)28(30)31/h4-7,16-20,23H,2-3,8-15H2,1H3,(H,27,29)/t16-,17-,18-,19-,20-,23+,25?,26?/m1/s1. The molecule has 0 radical (unpaired) electrons. The number of nitro benzene ring substituents is 1. The van der Waals surface area contributed by atoms with Crippen LogP contribution in [0, 0.1) is 45.1 Å². The maximum atomic E-state index is 13.8. The highest BCUT2D eigenvalue weighted by atomic mass is 16.6. The van der Waals surface area contributed by atoms with Gasteiger partial charge in [-0.25, -0.2) is 0 Å². The van der Waals surface area contributed by atoms with Crippen LogP contribution in [0.4, 0.5) is 5.69 Å². The Hall–Kier alpha value is -1.91. The van der Waals surface area contributed by atoms with Crippen LogP contribution in [0.2, 0.25) is 0 Å². The van der Waals surface area contributed by atoms with Crippen LogP contribution in [0.15, 0.2) is 24.3 Å². The molecule has 6 fully saturated rings. The van der Waals surface area contributed by atoms with Crippen LogP contribution < -0.4 is 5.32 Å². The number of nitrogens with zero attached hydrogens (tertiary/aromatic N) is 1. The second kappa shape index (κ2) is 6.79. The number of rotatable bonds is 5. The predicted molar refractivity (Wildman–Crippen MR) is 118 cm³/mol. The van der Waals surface area contributed by atoms with Gasteiger partial charge in [-0.05, 0) is 105 Å². The van der Waals surface area contributed by atoms with Crippen LogP contribution in [0.25, 0.3) is 0 Å². The first-order chi connectivity index (χ1) is 14.9. The zero-order chi connectivity index (χ0) is 21.4. The SMILES string of the molecule is C[C@@H](NC(=O)C12C[C@@H]3C[C@@H](C1)CC(c1ccc([N+](=O)[O-])cc1)(C3)C2)[C@@H]1C[C@@H]2CC[C@@H]1C2. The highest BCUT2D eigenvalue weighted by Gasteiger charge is 2.61. The average Bonchev–Trinajstić information content (AvgIpc) is 3.36. The van der Waals surface area contributed by atoms with Gasteiger partial charge in [0, 0.05) is 18.2 Å². The molecule has 1 N–H and O–H groups in total. The van der Waals surface area contributed by atoms with Crippen molar-refractivity contribution in [1.82, 2.24) is 5.32 Å². The van der Waals surface area contributed by atoms with E-state index >= 15 is 0 Å². The Kier molecular flexibility index (Phi) is 4.33. The molecule has 6 atom stereocenters. The molecular weight excluding hydrogens is 388 g/mol. The van der Waals surface area contributed by atoms with Gasteiger partial charge >= 0.3 is 0 Å². The molecule has 0 saturated heterocycles. The average molecular weight is 423 g/mol. The summed E-state index contributed by atoms with van der Waals surface area (Å²) in [6.07, 6.45) is 11.9. The van der Waals surface area contributed by atoms with E-state index in [2.05, 4.69) is 12.2 Å². The van der Waals surface area contributed by atoms with Gasteiger partial charge in [0.1, 0.15) is 0 Å². The molecule has 6 saturated carbocycles. The molecule has 6 bridgehead atoms. The molecule has 0 spiro atoms. The lowest BCUT2D eigenvalue weighted by Crippen LogP contribution is -2.60. The monoisotopic (exact) mass is 422 g/mol. The fourth-order valence-electron chi connectivity index (χ4n) is 9.18. The lowest BCUT2D eigenvalue weighted by molar-refractivity contribution is -0.384. The highest BCUT2D eigenvalue weighted by molar-refractivity contribution is 5.84. The molecule has 6 aliphatic rings. The minimum atomic E-state index is -0.324. The largest absolute Gasteiger partial charge is 0.353 e. The summed E-state index contributed by atoms with van der Waals surface area (Å²) in [5, 5.41) is 14.6. The summed E-state index contributed by atoms with van der Waals surface area (Å²) in [5.41, 5.74) is 1.15. The lowest BCUT2D eigenvalue weighted by atomic mass is 9.42. The molecule has 0 aromatic heterocycles. The number of nitrogens with one attached hydrogen (secondary N) is 1. The molecule has 0 aliphatic heterocycles.